The minimum atomic E-state index is -3.26. The molecule has 1 aliphatic rings. The molecule has 0 aromatic carbocycles. The molecule has 5 nitrogen and oxygen atoms in total. The van der Waals surface area contributed by atoms with E-state index in [2.05, 4.69) is 20.8 Å². The molecular weight excluding hydrogens is 318 g/mol. The van der Waals surface area contributed by atoms with Gasteiger partial charge in [-0.05, 0) is 13.0 Å². The first-order valence-electron chi connectivity index (χ1n) is 6.59. The molecule has 0 spiro atoms. The third kappa shape index (κ3) is 4.16. The summed E-state index contributed by atoms with van der Waals surface area (Å²) in [6.07, 6.45) is 0.910. The van der Waals surface area contributed by atoms with Crippen LogP contribution in [0.4, 0.5) is 0 Å². The van der Waals surface area contributed by atoms with Crippen LogP contribution in [0.5, 0.6) is 0 Å². The van der Waals surface area contributed by atoms with Gasteiger partial charge in [0.15, 0.2) is 0 Å². The van der Waals surface area contributed by atoms with Crippen LogP contribution in [-0.4, -0.2) is 73.1 Å². The predicted molar refractivity (Wildman–Crippen MR) is 78.3 cm³/mol. The Morgan fingerprint density at radius 3 is 2.33 bits per heavy atom. The van der Waals surface area contributed by atoms with Crippen molar-refractivity contribution in [1.82, 2.24) is 13.5 Å². The van der Waals surface area contributed by atoms with Gasteiger partial charge in [0, 0.05) is 44.6 Å². The van der Waals surface area contributed by atoms with Crippen LogP contribution in [0.25, 0.3) is 0 Å². The van der Waals surface area contributed by atoms with Crippen molar-refractivity contribution < 1.29 is 8.42 Å². The van der Waals surface area contributed by atoms with Crippen molar-refractivity contribution >= 4 is 26.1 Å². The molecule has 18 heavy (non-hydrogen) atoms. The van der Waals surface area contributed by atoms with E-state index < -0.39 is 10.2 Å². The van der Waals surface area contributed by atoms with Gasteiger partial charge in [0.25, 0.3) is 10.2 Å². The molecule has 1 saturated heterocycles. The average Bonchev–Trinajstić information content (AvgIpc) is 2.57. The molecule has 0 unspecified atom stereocenters. The number of rotatable bonds is 6. The monoisotopic (exact) mass is 341 g/mol. The number of alkyl halides is 1. The van der Waals surface area contributed by atoms with E-state index >= 15 is 0 Å². The second kappa shape index (κ2) is 7.79. The number of halogens is 1. The Morgan fingerprint density at radius 2 is 1.78 bits per heavy atom. The molecule has 0 radical (unpaired) electrons. The first kappa shape index (κ1) is 16.4. The van der Waals surface area contributed by atoms with E-state index in [4.69, 9.17) is 0 Å². The Morgan fingerprint density at radius 1 is 1.11 bits per heavy atom. The molecule has 0 saturated carbocycles. The normalized spacial score (nSPS) is 20.2. The summed E-state index contributed by atoms with van der Waals surface area (Å²) < 4.78 is 27.9. The fourth-order valence-corrected chi connectivity index (χ4v) is 4.39. The molecule has 108 valence electrons. The van der Waals surface area contributed by atoms with E-state index in [0.29, 0.717) is 26.2 Å². The fourth-order valence-electron chi connectivity index (χ4n) is 2.23. The summed E-state index contributed by atoms with van der Waals surface area (Å²) in [4.78, 5) is 2.31. The lowest BCUT2D eigenvalue weighted by Crippen LogP contribution is -2.45. The van der Waals surface area contributed by atoms with Crippen molar-refractivity contribution in [3.05, 3.63) is 0 Å². The molecule has 1 rings (SSSR count). The van der Waals surface area contributed by atoms with Gasteiger partial charge < -0.3 is 4.90 Å². The van der Waals surface area contributed by atoms with Gasteiger partial charge in [-0.1, -0.05) is 29.8 Å². The smallest absolute Gasteiger partial charge is 0.281 e. The summed E-state index contributed by atoms with van der Waals surface area (Å²) in [6, 6.07) is 0. The Balaban J connectivity index is 2.67. The highest BCUT2D eigenvalue weighted by atomic mass is 79.9. The number of nitrogens with zero attached hydrogens (tertiary/aromatic N) is 3. The van der Waals surface area contributed by atoms with E-state index in [0.717, 1.165) is 31.4 Å². The highest BCUT2D eigenvalue weighted by Crippen LogP contribution is 2.12. The van der Waals surface area contributed by atoms with Crippen molar-refractivity contribution in [2.45, 2.75) is 20.3 Å². The Hall–Kier alpha value is 0.310. The van der Waals surface area contributed by atoms with Gasteiger partial charge in [-0.15, -0.1) is 0 Å². The SMILES string of the molecule is CCN(CC)S(=O)(=O)N1CCCN(CCBr)CC1. The molecule has 0 atom stereocenters. The Kier molecular flexibility index (Phi) is 7.08. The molecule has 1 aliphatic heterocycles. The zero-order chi connectivity index (χ0) is 13.6. The van der Waals surface area contributed by atoms with Gasteiger partial charge in [-0.25, -0.2) is 0 Å². The zero-order valence-electron chi connectivity index (χ0n) is 11.3. The summed E-state index contributed by atoms with van der Waals surface area (Å²) in [7, 11) is -3.26. The third-order valence-electron chi connectivity index (χ3n) is 3.31. The average molecular weight is 342 g/mol. The minimum absolute atomic E-state index is 0.542. The fraction of sp³-hybridized carbons (Fsp3) is 1.00. The molecular formula is C11H24BrN3O2S. The van der Waals surface area contributed by atoms with Crippen LogP contribution in [0, 0.1) is 0 Å². The van der Waals surface area contributed by atoms with E-state index in [1.165, 1.54) is 4.31 Å². The lowest BCUT2D eigenvalue weighted by molar-refractivity contribution is 0.300. The van der Waals surface area contributed by atoms with Crippen LogP contribution < -0.4 is 0 Å². The maximum Gasteiger partial charge on any atom is 0.281 e. The van der Waals surface area contributed by atoms with Crippen LogP contribution in [0.1, 0.15) is 20.3 Å². The van der Waals surface area contributed by atoms with Gasteiger partial charge in [0.05, 0.1) is 0 Å². The van der Waals surface area contributed by atoms with Crippen molar-refractivity contribution in [1.29, 1.82) is 0 Å². The quantitative estimate of drug-likeness (QED) is 0.676. The van der Waals surface area contributed by atoms with Gasteiger partial charge in [0.2, 0.25) is 0 Å². The highest BCUT2D eigenvalue weighted by Gasteiger charge is 2.29. The zero-order valence-corrected chi connectivity index (χ0v) is 13.7. The lowest BCUT2D eigenvalue weighted by Gasteiger charge is -2.27. The standard InChI is InChI=1S/C11H24BrN3O2S/c1-3-14(4-2)18(16,17)15-8-5-7-13(9-6-12)10-11-15/h3-11H2,1-2H3. The number of hydrogen-bond donors (Lipinski definition) is 0. The predicted octanol–water partition coefficient (Wildman–Crippen LogP) is 0.976. The molecule has 0 aromatic rings. The molecule has 0 aliphatic carbocycles. The Labute approximate surface area is 119 Å². The summed E-state index contributed by atoms with van der Waals surface area (Å²) in [5.41, 5.74) is 0. The molecule has 0 aromatic heterocycles. The minimum Gasteiger partial charge on any atom is -0.301 e. The molecule has 1 fully saturated rings. The van der Waals surface area contributed by atoms with Gasteiger partial charge >= 0.3 is 0 Å². The van der Waals surface area contributed by atoms with Crippen molar-refractivity contribution in [2.75, 3.05) is 51.1 Å². The molecule has 0 bridgehead atoms. The maximum absolute atomic E-state index is 12.4. The van der Waals surface area contributed by atoms with Crippen molar-refractivity contribution in [3.8, 4) is 0 Å². The van der Waals surface area contributed by atoms with Crippen molar-refractivity contribution in [3.63, 3.8) is 0 Å². The van der Waals surface area contributed by atoms with Gasteiger partial charge in [0.1, 0.15) is 0 Å². The molecule has 0 amide bonds. The van der Waals surface area contributed by atoms with E-state index in [1.807, 2.05) is 13.8 Å². The molecule has 0 N–H and O–H groups in total. The second-order valence-corrected chi connectivity index (χ2v) is 7.10. The summed E-state index contributed by atoms with van der Waals surface area (Å²) in [6.45, 7) is 8.89. The van der Waals surface area contributed by atoms with Gasteiger partial charge in [-0.3, -0.25) is 0 Å². The highest BCUT2D eigenvalue weighted by molar-refractivity contribution is 9.09. The summed E-state index contributed by atoms with van der Waals surface area (Å²) in [5, 5.41) is 0.940. The van der Waals surface area contributed by atoms with Crippen LogP contribution in [0.15, 0.2) is 0 Å². The topological polar surface area (TPSA) is 43.9 Å². The van der Waals surface area contributed by atoms with Crippen LogP contribution in [-0.2, 0) is 10.2 Å². The van der Waals surface area contributed by atoms with E-state index in [-0.39, 0.29) is 0 Å². The molecule has 1 heterocycles. The van der Waals surface area contributed by atoms with Crippen molar-refractivity contribution in [2.24, 2.45) is 0 Å². The summed E-state index contributed by atoms with van der Waals surface area (Å²) in [5.74, 6) is 0. The van der Waals surface area contributed by atoms with E-state index in [9.17, 15) is 8.42 Å². The lowest BCUT2D eigenvalue weighted by atomic mass is 10.4. The summed E-state index contributed by atoms with van der Waals surface area (Å²) >= 11 is 3.43. The largest absolute Gasteiger partial charge is 0.301 e. The Bertz CT molecular complexity index is 333. The van der Waals surface area contributed by atoms with Crippen LogP contribution >= 0.6 is 15.9 Å². The maximum atomic E-state index is 12.4. The second-order valence-electron chi connectivity index (χ2n) is 4.38. The molecule has 7 heteroatoms. The van der Waals surface area contributed by atoms with E-state index in [1.54, 1.807) is 4.31 Å². The van der Waals surface area contributed by atoms with Crippen LogP contribution in [0.3, 0.4) is 0 Å². The third-order valence-corrected chi connectivity index (χ3v) is 5.85. The first-order valence-corrected chi connectivity index (χ1v) is 9.11. The number of hydrogen-bond acceptors (Lipinski definition) is 3. The van der Waals surface area contributed by atoms with Gasteiger partial charge in [-0.2, -0.15) is 17.0 Å². The first-order chi connectivity index (χ1) is 8.56. The van der Waals surface area contributed by atoms with Crippen LogP contribution in [0.2, 0.25) is 0 Å².